The molecule has 186 valence electrons. The number of rotatable bonds is 9. The minimum atomic E-state index is -4.06. The minimum absolute atomic E-state index is 0.248. The summed E-state index contributed by atoms with van der Waals surface area (Å²) in [5.74, 6) is -0.658. The summed E-state index contributed by atoms with van der Waals surface area (Å²) in [5.41, 5.74) is 3.85. The lowest BCUT2D eigenvalue weighted by Crippen LogP contribution is -2.39. The fraction of sp³-hybridized carbons (Fsp3) is 0.292. The van der Waals surface area contributed by atoms with Gasteiger partial charge in [0.25, 0.3) is 20.2 Å². The monoisotopic (exact) mass is 535 g/mol. The molecule has 2 aromatic carbocycles. The second-order valence-corrected chi connectivity index (χ2v) is 12.7. The first-order chi connectivity index (χ1) is 16.5. The lowest BCUT2D eigenvalue weighted by atomic mass is 10.1. The first kappa shape index (κ1) is 25.6. The number of aryl methyl sites for hydroxylation is 2. The van der Waals surface area contributed by atoms with E-state index >= 15 is 0 Å². The van der Waals surface area contributed by atoms with Gasteiger partial charge in [-0.15, -0.1) is 0 Å². The van der Waals surface area contributed by atoms with E-state index in [0.717, 1.165) is 37.8 Å². The zero-order valence-corrected chi connectivity index (χ0v) is 21.6. The van der Waals surface area contributed by atoms with Gasteiger partial charge in [-0.2, -0.15) is 21.4 Å². The average molecular weight is 536 g/mol. The van der Waals surface area contributed by atoms with Crippen LogP contribution in [-0.4, -0.2) is 44.0 Å². The van der Waals surface area contributed by atoms with Crippen LogP contribution in [0.5, 0.6) is 0 Å². The number of fused-ring (bicyclic) bond motifs is 2. The molecule has 0 spiro atoms. The number of aromatic nitrogens is 1. The van der Waals surface area contributed by atoms with E-state index in [1.165, 1.54) is 0 Å². The summed E-state index contributed by atoms with van der Waals surface area (Å²) in [5, 5.41) is 1.91. The number of nitrogens with zero attached hydrogens (tertiary/aromatic N) is 2. The highest BCUT2D eigenvalue weighted by Crippen LogP contribution is 2.47. The van der Waals surface area contributed by atoms with Crippen LogP contribution in [0, 0.1) is 6.92 Å². The summed E-state index contributed by atoms with van der Waals surface area (Å²) in [6.07, 6.45) is 2.52. The third-order valence-electron chi connectivity index (χ3n) is 5.70. The van der Waals surface area contributed by atoms with Gasteiger partial charge in [-0.05, 0) is 43.2 Å². The second-order valence-electron chi connectivity index (χ2n) is 8.46. The normalized spacial score (nSPS) is 15.2. The van der Waals surface area contributed by atoms with Crippen LogP contribution in [-0.2, 0) is 26.8 Å². The van der Waals surface area contributed by atoms with Gasteiger partial charge in [0.15, 0.2) is 6.54 Å². The Morgan fingerprint density at radius 1 is 0.943 bits per heavy atom. The van der Waals surface area contributed by atoms with Gasteiger partial charge in [0.05, 0.1) is 22.2 Å². The number of hydrogen-bond acceptors (Lipinski definition) is 6. The van der Waals surface area contributed by atoms with Crippen LogP contribution >= 0.6 is 11.8 Å². The quantitative estimate of drug-likeness (QED) is 0.313. The predicted molar refractivity (Wildman–Crippen MR) is 139 cm³/mol. The van der Waals surface area contributed by atoms with Crippen molar-refractivity contribution in [2.75, 3.05) is 23.0 Å². The van der Waals surface area contributed by atoms with E-state index < -0.39 is 20.2 Å². The van der Waals surface area contributed by atoms with Crippen molar-refractivity contribution < 1.29 is 30.5 Å². The molecule has 35 heavy (non-hydrogen) atoms. The fourth-order valence-electron chi connectivity index (χ4n) is 4.14. The van der Waals surface area contributed by atoms with Crippen LogP contribution in [0.1, 0.15) is 24.1 Å². The molecule has 0 amide bonds. The number of para-hydroxylation sites is 1. The van der Waals surface area contributed by atoms with Crippen molar-refractivity contribution in [1.82, 2.24) is 0 Å². The largest absolute Gasteiger partial charge is 0.335 e. The van der Waals surface area contributed by atoms with E-state index in [2.05, 4.69) is 11.0 Å². The summed E-state index contributed by atoms with van der Waals surface area (Å²) in [6.45, 7) is 2.79. The van der Waals surface area contributed by atoms with E-state index in [9.17, 15) is 25.9 Å². The summed E-state index contributed by atoms with van der Waals surface area (Å²) in [7, 11) is -8.12. The molecule has 8 nitrogen and oxygen atoms in total. The van der Waals surface area contributed by atoms with Crippen molar-refractivity contribution in [3.05, 3.63) is 70.9 Å². The predicted octanol–water partition coefficient (Wildman–Crippen LogP) is 3.90. The Morgan fingerprint density at radius 2 is 1.66 bits per heavy atom. The van der Waals surface area contributed by atoms with Crippen LogP contribution in [0.4, 0.5) is 5.69 Å². The van der Waals surface area contributed by atoms with E-state index in [0.29, 0.717) is 13.1 Å². The number of benzene rings is 2. The van der Waals surface area contributed by atoms with Gasteiger partial charge in [0, 0.05) is 41.5 Å². The maximum absolute atomic E-state index is 11.3. The van der Waals surface area contributed by atoms with Crippen molar-refractivity contribution in [3.8, 4) is 0 Å². The number of hydrogen-bond donors (Lipinski definition) is 2. The molecule has 0 bridgehead atoms. The van der Waals surface area contributed by atoms with E-state index in [-0.39, 0.29) is 24.3 Å². The van der Waals surface area contributed by atoms with Gasteiger partial charge in [-0.1, -0.05) is 30.0 Å². The highest BCUT2D eigenvalue weighted by Gasteiger charge is 2.27. The Hall–Kier alpha value is -2.44. The van der Waals surface area contributed by atoms with Crippen molar-refractivity contribution in [1.29, 1.82) is 0 Å². The summed E-state index contributed by atoms with van der Waals surface area (Å²) in [6, 6.07) is 17.9. The highest BCUT2D eigenvalue weighted by molar-refractivity contribution is 8.03. The SMILES string of the molecule is Cc1ccc2c(c1)N(CCCS(=O)(=O)O)C(=Cc1ccc3ccccc3[n+]1CCCS(=O)(=O)O)S2. The summed E-state index contributed by atoms with van der Waals surface area (Å²) in [4.78, 5) is 3.10. The molecule has 1 aromatic heterocycles. The molecule has 0 fully saturated rings. The van der Waals surface area contributed by atoms with Gasteiger partial charge in [-0.25, -0.2) is 0 Å². The standard InChI is InChI=1S/C24H26N2O6S3/c1-18-8-11-23-22(16-18)26(13-5-15-35(30,31)32)24(33-23)17-20-10-9-19-6-2-3-7-21(19)25(20)12-4-14-34(27,28)29/h2-3,6-11,16-17H,4-5,12-15H2,1H3,(H-,27,28,29,30,31,32)/p+1. The first-order valence-electron chi connectivity index (χ1n) is 11.1. The van der Waals surface area contributed by atoms with Gasteiger partial charge < -0.3 is 4.90 Å². The molecule has 3 aromatic rings. The van der Waals surface area contributed by atoms with Crippen molar-refractivity contribution in [3.63, 3.8) is 0 Å². The van der Waals surface area contributed by atoms with Crippen LogP contribution < -0.4 is 9.47 Å². The van der Waals surface area contributed by atoms with Gasteiger partial charge in [-0.3, -0.25) is 9.11 Å². The lowest BCUT2D eigenvalue weighted by Gasteiger charge is -2.20. The third kappa shape index (κ3) is 6.62. The molecule has 1 aliphatic rings. The van der Waals surface area contributed by atoms with Crippen LogP contribution in [0.15, 0.2) is 64.5 Å². The Bertz CT molecular complexity index is 1500. The highest BCUT2D eigenvalue weighted by atomic mass is 32.2. The number of anilines is 1. The maximum atomic E-state index is 11.3. The molecule has 0 radical (unpaired) electrons. The molecule has 4 rings (SSSR count). The maximum Gasteiger partial charge on any atom is 0.265 e. The van der Waals surface area contributed by atoms with Crippen LogP contribution in [0.2, 0.25) is 0 Å². The topological polar surface area (TPSA) is 116 Å². The molecule has 0 saturated carbocycles. The number of thioether (sulfide) groups is 1. The average Bonchev–Trinajstić information content (AvgIpc) is 3.09. The Balaban J connectivity index is 1.73. The molecule has 2 N–H and O–H groups in total. The zero-order chi connectivity index (χ0) is 25.2. The van der Waals surface area contributed by atoms with Crippen LogP contribution in [0.3, 0.4) is 0 Å². The molecule has 11 heteroatoms. The molecular weight excluding hydrogens is 508 g/mol. The molecule has 1 aliphatic heterocycles. The molecule has 0 atom stereocenters. The molecule has 0 saturated heterocycles. The first-order valence-corrected chi connectivity index (χ1v) is 15.1. The molecule has 0 aliphatic carbocycles. The second kappa shape index (κ2) is 10.3. The zero-order valence-electron chi connectivity index (χ0n) is 19.2. The van der Waals surface area contributed by atoms with Gasteiger partial charge in [0.1, 0.15) is 0 Å². The fourth-order valence-corrected chi connectivity index (χ4v) is 6.24. The third-order valence-corrected chi connectivity index (χ3v) is 8.42. The van der Waals surface area contributed by atoms with Gasteiger partial charge >= 0.3 is 0 Å². The molecular formula is C24H27N2O6S3+. The lowest BCUT2D eigenvalue weighted by molar-refractivity contribution is -0.673. The van der Waals surface area contributed by atoms with Crippen LogP contribution in [0.25, 0.3) is 17.0 Å². The Morgan fingerprint density at radius 3 is 2.40 bits per heavy atom. The van der Waals surface area contributed by atoms with Gasteiger partial charge in [0.2, 0.25) is 11.2 Å². The molecule has 0 unspecified atom stereocenters. The Labute approximate surface area is 209 Å². The smallest absolute Gasteiger partial charge is 0.265 e. The summed E-state index contributed by atoms with van der Waals surface area (Å²) >= 11 is 1.57. The van der Waals surface area contributed by atoms with Crippen molar-refractivity contribution in [2.24, 2.45) is 0 Å². The van der Waals surface area contributed by atoms with E-state index in [1.807, 2.05) is 66.1 Å². The van der Waals surface area contributed by atoms with Crippen molar-refractivity contribution in [2.45, 2.75) is 31.2 Å². The number of pyridine rings is 1. The molecule has 2 heterocycles. The summed E-state index contributed by atoms with van der Waals surface area (Å²) < 4.78 is 65.5. The van der Waals surface area contributed by atoms with Crippen molar-refractivity contribution >= 4 is 54.7 Å². The van der Waals surface area contributed by atoms with E-state index in [1.54, 1.807) is 11.8 Å². The minimum Gasteiger partial charge on any atom is -0.335 e. The van der Waals surface area contributed by atoms with E-state index in [4.69, 9.17) is 0 Å². The Kier molecular flexibility index (Phi) is 7.53.